The van der Waals surface area contributed by atoms with Crippen LogP contribution >= 0.6 is 11.3 Å². The quantitative estimate of drug-likeness (QED) is 0.794. The number of carbonyl (C=O) groups is 2. The first-order chi connectivity index (χ1) is 10.6. The Bertz CT molecular complexity index is 563. The third kappa shape index (κ3) is 3.33. The Kier molecular flexibility index (Phi) is 4.49. The maximum atomic E-state index is 12.2. The standard InChI is InChI=1S/C16H22N2O3S/c1-11-9-13(11)15(19)18-7-5-17(6-8-18)10-12-3-4-14(22-12)16(20)21-2/h3-4,11,13H,5-10H2,1-2H3/t11-,13-/m1/s1. The molecule has 1 aliphatic carbocycles. The van der Waals surface area contributed by atoms with Gasteiger partial charge in [0.05, 0.1) is 7.11 Å². The Hall–Kier alpha value is -1.40. The Morgan fingerprint density at radius 3 is 2.55 bits per heavy atom. The molecule has 22 heavy (non-hydrogen) atoms. The summed E-state index contributed by atoms with van der Waals surface area (Å²) in [5.74, 6) is 0.932. The van der Waals surface area contributed by atoms with E-state index >= 15 is 0 Å². The van der Waals surface area contributed by atoms with Crippen molar-refractivity contribution < 1.29 is 14.3 Å². The fourth-order valence-electron chi connectivity index (χ4n) is 2.92. The fraction of sp³-hybridized carbons (Fsp3) is 0.625. The van der Waals surface area contributed by atoms with Crippen molar-refractivity contribution >= 4 is 23.2 Å². The van der Waals surface area contributed by atoms with Crippen molar-refractivity contribution in [2.75, 3.05) is 33.3 Å². The average molecular weight is 322 g/mol. The van der Waals surface area contributed by atoms with E-state index in [0.29, 0.717) is 16.7 Å². The first kappa shape index (κ1) is 15.5. The zero-order chi connectivity index (χ0) is 15.7. The molecule has 1 amide bonds. The van der Waals surface area contributed by atoms with Crippen molar-refractivity contribution in [3.05, 3.63) is 21.9 Å². The first-order valence-electron chi connectivity index (χ1n) is 7.76. The number of methoxy groups -OCH3 is 1. The predicted octanol–water partition coefficient (Wildman–Crippen LogP) is 1.83. The molecule has 0 bridgehead atoms. The van der Waals surface area contributed by atoms with Gasteiger partial charge >= 0.3 is 5.97 Å². The van der Waals surface area contributed by atoms with Crippen LogP contribution in [0, 0.1) is 11.8 Å². The summed E-state index contributed by atoms with van der Waals surface area (Å²) in [5.41, 5.74) is 0. The number of hydrogen-bond acceptors (Lipinski definition) is 5. The van der Waals surface area contributed by atoms with Gasteiger partial charge in [-0.3, -0.25) is 9.69 Å². The number of piperazine rings is 1. The molecular formula is C16H22N2O3S. The lowest BCUT2D eigenvalue weighted by Gasteiger charge is -2.34. The highest BCUT2D eigenvalue weighted by molar-refractivity contribution is 7.13. The molecule has 120 valence electrons. The van der Waals surface area contributed by atoms with Crippen LogP contribution in [-0.4, -0.2) is 55.0 Å². The van der Waals surface area contributed by atoms with Crippen molar-refractivity contribution in [2.45, 2.75) is 19.9 Å². The van der Waals surface area contributed by atoms with Crippen molar-refractivity contribution in [2.24, 2.45) is 11.8 Å². The molecule has 0 unspecified atom stereocenters. The molecule has 5 nitrogen and oxygen atoms in total. The lowest BCUT2D eigenvalue weighted by molar-refractivity contribution is -0.134. The SMILES string of the molecule is COC(=O)c1ccc(CN2CCN(C(=O)[C@@H]3C[C@H]3C)CC2)s1. The molecule has 1 saturated heterocycles. The highest BCUT2D eigenvalue weighted by Gasteiger charge is 2.41. The molecule has 1 aliphatic heterocycles. The summed E-state index contributed by atoms with van der Waals surface area (Å²) in [6, 6.07) is 3.81. The molecule has 0 N–H and O–H groups in total. The molecule has 2 heterocycles. The van der Waals surface area contributed by atoms with Crippen LogP contribution in [0.3, 0.4) is 0 Å². The van der Waals surface area contributed by atoms with Gasteiger partial charge in [0.2, 0.25) is 5.91 Å². The zero-order valence-electron chi connectivity index (χ0n) is 13.1. The minimum Gasteiger partial charge on any atom is -0.465 e. The van der Waals surface area contributed by atoms with E-state index in [0.717, 1.165) is 44.0 Å². The van der Waals surface area contributed by atoms with Gasteiger partial charge in [0.1, 0.15) is 4.88 Å². The smallest absolute Gasteiger partial charge is 0.348 e. The number of hydrogen-bond donors (Lipinski definition) is 0. The van der Waals surface area contributed by atoms with E-state index in [1.807, 2.05) is 17.0 Å². The number of nitrogens with zero attached hydrogens (tertiary/aromatic N) is 2. The number of ether oxygens (including phenoxy) is 1. The second-order valence-corrected chi connectivity index (χ2v) is 7.35. The van der Waals surface area contributed by atoms with Gasteiger partial charge in [-0.2, -0.15) is 0 Å². The minimum absolute atomic E-state index is 0.273. The summed E-state index contributed by atoms with van der Waals surface area (Å²) < 4.78 is 4.73. The molecule has 2 aliphatic rings. The van der Waals surface area contributed by atoms with Gasteiger partial charge in [0.15, 0.2) is 0 Å². The van der Waals surface area contributed by atoms with Crippen molar-refractivity contribution in [1.29, 1.82) is 0 Å². The summed E-state index contributed by atoms with van der Waals surface area (Å²) in [7, 11) is 1.40. The van der Waals surface area contributed by atoms with E-state index in [-0.39, 0.29) is 11.9 Å². The maximum Gasteiger partial charge on any atom is 0.348 e. The van der Waals surface area contributed by atoms with Crippen molar-refractivity contribution in [1.82, 2.24) is 9.80 Å². The van der Waals surface area contributed by atoms with Crippen LogP contribution in [-0.2, 0) is 16.1 Å². The molecular weight excluding hydrogens is 300 g/mol. The van der Waals surface area contributed by atoms with E-state index in [2.05, 4.69) is 11.8 Å². The Morgan fingerprint density at radius 2 is 1.95 bits per heavy atom. The predicted molar refractivity (Wildman–Crippen MR) is 84.8 cm³/mol. The van der Waals surface area contributed by atoms with Gasteiger partial charge in [-0.25, -0.2) is 4.79 Å². The molecule has 1 aromatic rings. The number of rotatable bonds is 4. The van der Waals surface area contributed by atoms with Crippen LogP contribution in [0.15, 0.2) is 12.1 Å². The molecule has 1 saturated carbocycles. The number of esters is 1. The monoisotopic (exact) mass is 322 g/mol. The number of carbonyl (C=O) groups excluding carboxylic acids is 2. The zero-order valence-corrected chi connectivity index (χ0v) is 13.9. The molecule has 2 atom stereocenters. The molecule has 2 fully saturated rings. The topological polar surface area (TPSA) is 49.9 Å². The van der Waals surface area contributed by atoms with Gasteiger partial charge in [-0.1, -0.05) is 6.92 Å². The number of thiophene rings is 1. The lowest BCUT2D eigenvalue weighted by atomic mass is 10.2. The summed E-state index contributed by atoms with van der Waals surface area (Å²) in [4.78, 5) is 29.8. The lowest BCUT2D eigenvalue weighted by Crippen LogP contribution is -2.48. The molecule has 0 aromatic carbocycles. The van der Waals surface area contributed by atoms with E-state index in [9.17, 15) is 9.59 Å². The summed E-state index contributed by atoms with van der Waals surface area (Å²) in [6.45, 7) is 6.42. The largest absolute Gasteiger partial charge is 0.465 e. The Balaban J connectivity index is 1.48. The van der Waals surface area contributed by atoms with Crippen LogP contribution in [0.1, 0.15) is 27.9 Å². The summed E-state index contributed by atoms with van der Waals surface area (Å²) in [5, 5.41) is 0. The van der Waals surface area contributed by atoms with Crippen molar-refractivity contribution in [3.63, 3.8) is 0 Å². The normalized spacial score (nSPS) is 25.1. The summed E-state index contributed by atoms with van der Waals surface area (Å²) >= 11 is 1.48. The van der Waals surface area contributed by atoms with E-state index in [4.69, 9.17) is 4.74 Å². The van der Waals surface area contributed by atoms with Crippen molar-refractivity contribution in [3.8, 4) is 0 Å². The number of amides is 1. The van der Waals surface area contributed by atoms with Gasteiger partial charge in [-0.15, -0.1) is 11.3 Å². The Labute approximate surface area is 134 Å². The van der Waals surface area contributed by atoms with Crippen LogP contribution in [0.2, 0.25) is 0 Å². The van der Waals surface area contributed by atoms with Gasteiger partial charge in [-0.05, 0) is 24.5 Å². The second-order valence-electron chi connectivity index (χ2n) is 6.18. The molecule has 0 radical (unpaired) electrons. The van der Waals surface area contributed by atoms with Gasteiger partial charge < -0.3 is 9.64 Å². The highest BCUT2D eigenvalue weighted by atomic mass is 32.1. The van der Waals surface area contributed by atoms with Crippen LogP contribution < -0.4 is 0 Å². The average Bonchev–Trinajstić information content (AvgIpc) is 3.08. The molecule has 0 spiro atoms. The molecule has 3 rings (SSSR count). The fourth-order valence-corrected chi connectivity index (χ4v) is 3.89. The maximum absolute atomic E-state index is 12.2. The van der Waals surface area contributed by atoms with Gasteiger partial charge in [0.25, 0.3) is 0 Å². The first-order valence-corrected chi connectivity index (χ1v) is 8.58. The van der Waals surface area contributed by atoms with Crippen LogP contribution in [0.4, 0.5) is 0 Å². The minimum atomic E-state index is -0.273. The van der Waals surface area contributed by atoms with Crippen LogP contribution in [0.5, 0.6) is 0 Å². The third-order valence-corrected chi connectivity index (χ3v) is 5.59. The molecule has 1 aromatic heterocycles. The van der Waals surface area contributed by atoms with Crippen LogP contribution in [0.25, 0.3) is 0 Å². The van der Waals surface area contributed by atoms with E-state index in [1.54, 1.807) is 0 Å². The molecule has 6 heteroatoms. The van der Waals surface area contributed by atoms with Gasteiger partial charge in [0, 0.05) is 43.5 Å². The van der Waals surface area contributed by atoms with E-state index in [1.165, 1.54) is 18.4 Å². The third-order valence-electron chi connectivity index (χ3n) is 4.54. The van der Waals surface area contributed by atoms with E-state index < -0.39 is 0 Å². The second kappa shape index (κ2) is 6.38. The highest BCUT2D eigenvalue weighted by Crippen LogP contribution is 2.39. The Morgan fingerprint density at radius 1 is 1.27 bits per heavy atom. The summed E-state index contributed by atoms with van der Waals surface area (Å²) in [6.07, 6.45) is 1.06.